The Bertz CT molecular complexity index is 388. The van der Waals surface area contributed by atoms with Crippen molar-refractivity contribution in [2.45, 2.75) is 31.2 Å². The van der Waals surface area contributed by atoms with Gasteiger partial charge < -0.3 is 20.7 Å². The Balaban J connectivity index is 1.77. The first kappa shape index (κ1) is 12.2. The van der Waals surface area contributed by atoms with Crippen LogP contribution >= 0.6 is 0 Å². The number of hydrogen-bond donors (Lipinski definition) is 3. The van der Waals surface area contributed by atoms with Crippen LogP contribution < -0.4 is 5.73 Å². The van der Waals surface area contributed by atoms with Gasteiger partial charge >= 0.3 is 7.12 Å². The highest BCUT2D eigenvalue weighted by Crippen LogP contribution is 2.44. The minimum Gasteiger partial charge on any atom is -0.426 e. The number of hydrogen-bond acceptors (Lipinski definition) is 4. The van der Waals surface area contributed by atoms with E-state index < -0.39 is 13.1 Å². The Morgan fingerprint density at radius 3 is 2.67 bits per heavy atom. The zero-order valence-electron chi connectivity index (χ0n) is 10.3. The van der Waals surface area contributed by atoms with Crippen molar-refractivity contribution in [1.29, 1.82) is 0 Å². The Kier molecular flexibility index (Phi) is 2.96. The van der Waals surface area contributed by atoms with E-state index in [-0.39, 0.29) is 23.8 Å². The second kappa shape index (κ2) is 4.37. The third-order valence-electron chi connectivity index (χ3n) is 4.73. The summed E-state index contributed by atoms with van der Waals surface area (Å²) in [6.45, 7) is 0.617. The quantitative estimate of drug-likeness (QED) is 0.439. The molecular formula is C12H19BN2O3. The Hall–Kier alpha value is -0.845. The minimum atomic E-state index is -1.44. The lowest BCUT2D eigenvalue weighted by molar-refractivity contribution is -0.136. The fourth-order valence-electron chi connectivity index (χ4n) is 3.78. The molecule has 1 saturated heterocycles. The van der Waals surface area contributed by atoms with E-state index in [1.165, 1.54) is 0 Å². The van der Waals surface area contributed by atoms with Gasteiger partial charge in [0.15, 0.2) is 0 Å². The fraction of sp³-hybridized carbons (Fsp3) is 0.750. The van der Waals surface area contributed by atoms with Crippen LogP contribution in [0.3, 0.4) is 0 Å². The van der Waals surface area contributed by atoms with Gasteiger partial charge in [0.05, 0.1) is 11.9 Å². The van der Waals surface area contributed by atoms with Crippen molar-refractivity contribution in [2.24, 2.45) is 23.5 Å². The summed E-state index contributed by atoms with van der Waals surface area (Å²) in [5.41, 5.74) is 6.13. The number of rotatable bonds is 2. The van der Waals surface area contributed by atoms with E-state index in [2.05, 4.69) is 12.2 Å². The average Bonchev–Trinajstić information content (AvgIpc) is 3.03. The molecule has 2 bridgehead atoms. The van der Waals surface area contributed by atoms with Gasteiger partial charge in [-0.15, -0.1) is 0 Å². The molecule has 0 aromatic carbocycles. The van der Waals surface area contributed by atoms with Crippen molar-refractivity contribution < 1.29 is 14.8 Å². The van der Waals surface area contributed by atoms with Gasteiger partial charge in [-0.2, -0.15) is 0 Å². The lowest BCUT2D eigenvalue weighted by Crippen LogP contribution is -2.51. The first-order valence-corrected chi connectivity index (χ1v) is 6.70. The van der Waals surface area contributed by atoms with Crippen LogP contribution in [0.4, 0.5) is 0 Å². The highest BCUT2D eigenvalue weighted by Gasteiger charge is 2.49. The average molecular weight is 250 g/mol. The summed E-state index contributed by atoms with van der Waals surface area (Å²) in [5, 5.41) is 18.7. The molecule has 3 aliphatic rings. The number of carbonyl (C=O) groups is 1. The van der Waals surface area contributed by atoms with E-state index in [1.807, 2.05) is 0 Å². The zero-order valence-corrected chi connectivity index (χ0v) is 10.3. The molecule has 6 heteroatoms. The molecule has 0 spiro atoms. The Labute approximate surface area is 107 Å². The van der Waals surface area contributed by atoms with Crippen LogP contribution in [0.25, 0.3) is 0 Å². The zero-order chi connectivity index (χ0) is 12.9. The molecule has 0 unspecified atom stereocenters. The van der Waals surface area contributed by atoms with Crippen LogP contribution in [0.2, 0.25) is 0 Å². The monoisotopic (exact) mass is 250 g/mol. The van der Waals surface area contributed by atoms with Gasteiger partial charge in [-0.25, -0.2) is 0 Å². The van der Waals surface area contributed by atoms with Crippen LogP contribution in [0.5, 0.6) is 0 Å². The maximum atomic E-state index is 12.6. The second-order valence-electron chi connectivity index (χ2n) is 5.71. The van der Waals surface area contributed by atoms with Gasteiger partial charge in [0.25, 0.3) is 0 Å². The molecule has 98 valence electrons. The summed E-state index contributed by atoms with van der Waals surface area (Å²) in [4.78, 5) is 14.2. The molecule has 1 aliphatic heterocycles. The molecule has 2 fully saturated rings. The van der Waals surface area contributed by atoms with Crippen LogP contribution in [-0.4, -0.2) is 46.5 Å². The van der Waals surface area contributed by atoms with Crippen molar-refractivity contribution >= 4 is 13.0 Å². The molecule has 0 aromatic heterocycles. The van der Waals surface area contributed by atoms with Crippen molar-refractivity contribution in [3.63, 3.8) is 0 Å². The van der Waals surface area contributed by atoms with Gasteiger partial charge in [0.1, 0.15) is 0 Å². The smallest absolute Gasteiger partial charge is 0.426 e. The topological polar surface area (TPSA) is 86.8 Å². The molecule has 4 N–H and O–H groups in total. The molecule has 1 heterocycles. The number of fused-ring (bicyclic) bond motifs is 2. The summed E-state index contributed by atoms with van der Waals surface area (Å²) >= 11 is 0. The lowest BCUT2D eigenvalue weighted by atomic mass is 9.77. The highest BCUT2D eigenvalue weighted by atomic mass is 16.4. The number of nitrogens with two attached hydrogens (primary N) is 1. The summed E-state index contributed by atoms with van der Waals surface area (Å²) in [5.74, 6) is -0.0410. The van der Waals surface area contributed by atoms with E-state index in [1.54, 1.807) is 4.90 Å². The maximum Gasteiger partial charge on any atom is 0.475 e. The molecule has 1 amide bonds. The number of amides is 1. The van der Waals surface area contributed by atoms with E-state index in [0.717, 1.165) is 12.8 Å². The molecular weight excluding hydrogens is 231 g/mol. The predicted octanol–water partition coefficient (Wildman–Crippen LogP) is -0.861. The highest BCUT2D eigenvalue weighted by molar-refractivity contribution is 6.43. The van der Waals surface area contributed by atoms with Crippen LogP contribution in [0.1, 0.15) is 19.3 Å². The molecule has 0 radical (unpaired) electrons. The van der Waals surface area contributed by atoms with Gasteiger partial charge in [-0.05, 0) is 31.1 Å². The van der Waals surface area contributed by atoms with Crippen molar-refractivity contribution in [3.8, 4) is 0 Å². The largest absolute Gasteiger partial charge is 0.475 e. The maximum absolute atomic E-state index is 12.6. The standard InChI is InChI=1S/C12H19BN2O3/c14-11-8-4-3-7(6-8)10(11)12(16)15-5-1-2-9(15)13(17)18/h3-4,7-11,17-18H,1-2,5-6,14H2/t7-,8-,9-,10+,11-/m0/s1. The van der Waals surface area contributed by atoms with Crippen LogP contribution in [-0.2, 0) is 4.79 Å². The first-order chi connectivity index (χ1) is 8.59. The fourth-order valence-corrected chi connectivity index (χ4v) is 3.78. The molecule has 5 nitrogen and oxygen atoms in total. The van der Waals surface area contributed by atoms with E-state index in [9.17, 15) is 14.8 Å². The number of carbonyl (C=O) groups excluding carboxylic acids is 1. The first-order valence-electron chi connectivity index (χ1n) is 6.70. The summed E-state index contributed by atoms with van der Waals surface area (Å²) in [7, 11) is -1.44. The molecule has 18 heavy (non-hydrogen) atoms. The third-order valence-corrected chi connectivity index (χ3v) is 4.73. The Morgan fingerprint density at radius 1 is 1.33 bits per heavy atom. The summed E-state index contributed by atoms with van der Waals surface area (Å²) < 4.78 is 0. The minimum absolute atomic E-state index is 0.00921. The molecule has 1 saturated carbocycles. The predicted molar refractivity (Wildman–Crippen MR) is 67.1 cm³/mol. The molecule has 0 aromatic rings. The molecule has 2 aliphatic carbocycles. The van der Waals surface area contributed by atoms with Gasteiger partial charge in [-0.3, -0.25) is 4.79 Å². The normalized spacial score (nSPS) is 41.7. The van der Waals surface area contributed by atoms with Crippen molar-refractivity contribution in [2.75, 3.05) is 6.54 Å². The summed E-state index contributed by atoms with van der Waals surface area (Å²) in [6.07, 6.45) is 6.67. The Morgan fingerprint density at radius 2 is 2.06 bits per heavy atom. The van der Waals surface area contributed by atoms with Crippen LogP contribution in [0, 0.1) is 17.8 Å². The van der Waals surface area contributed by atoms with Crippen molar-refractivity contribution in [3.05, 3.63) is 12.2 Å². The van der Waals surface area contributed by atoms with Gasteiger partial charge in [-0.1, -0.05) is 12.2 Å². The van der Waals surface area contributed by atoms with E-state index in [4.69, 9.17) is 5.73 Å². The lowest BCUT2D eigenvalue weighted by Gasteiger charge is -2.31. The van der Waals surface area contributed by atoms with E-state index in [0.29, 0.717) is 18.9 Å². The second-order valence-corrected chi connectivity index (χ2v) is 5.71. The van der Waals surface area contributed by atoms with Gasteiger partial charge in [0, 0.05) is 12.6 Å². The summed E-state index contributed by atoms with van der Waals surface area (Å²) in [6, 6.07) is -0.107. The number of likely N-dealkylation sites (tertiary alicyclic amines) is 1. The van der Waals surface area contributed by atoms with Crippen LogP contribution in [0.15, 0.2) is 12.2 Å². The third kappa shape index (κ3) is 1.71. The molecule has 3 rings (SSSR count). The molecule has 5 atom stereocenters. The SMILES string of the molecule is N[C@@H]1[C@H](C(=O)N2CCC[C@H]2B(O)O)[C@H]2C=C[C@H]1C2. The van der Waals surface area contributed by atoms with E-state index >= 15 is 0 Å². The number of nitrogens with zero attached hydrogens (tertiary/aromatic N) is 1. The number of allylic oxidation sites excluding steroid dienone is 1. The van der Waals surface area contributed by atoms with Crippen molar-refractivity contribution in [1.82, 2.24) is 4.90 Å². The van der Waals surface area contributed by atoms with Gasteiger partial charge in [0.2, 0.25) is 5.91 Å².